The fraction of sp³-hybridized carbons (Fsp3) is 0.619. The first kappa shape index (κ1) is 17.4. The van der Waals surface area contributed by atoms with Crippen molar-refractivity contribution in [1.82, 2.24) is 10.6 Å². The van der Waals surface area contributed by atoms with Crippen molar-refractivity contribution in [2.75, 3.05) is 11.9 Å². The first-order valence-electron chi connectivity index (χ1n) is 9.92. The van der Waals surface area contributed by atoms with Gasteiger partial charge in [-0.25, -0.2) is 4.79 Å². The average Bonchev–Trinajstić information content (AvgIpc) is 2.52. The minimum atomic E-state index is -0.115. The fourth-order valence-corrected chi connectivity index (χ4v) is 5.78. The maximum atomic E-state index is 12.4. The fourth-order valence-electron chi connectivity index (χ4n) is 5.78. The number of benzene rings is 1. The van der Waals surface area contributed by atoms with Crippen LogP contribution < -0.4 is 16.0 Å². The highest BCUT2D eigenvalue weighted by Crippen LogP contribution is 2.55. The van der Waals surface area contributed by atoms with E-state index in [0.717, 1.165) is 48.3 Å². The van der Waals surface area contributed by atoms with Crippen molar-refractivity contribution in [2.24, 2.45) is 17.8 Å². The summed E-state index contributed by atoms with van der Waals surface area (Å²) in [5, 5.41) is 9.02. The number of amides is 3. The van der Waals surface area contributed by atoms with Gasteiger partial charge < -0.3 is 16.0 Å². The van der Waals surface area contributed by atoms with Crippen LogP contribution in [0, 0.1) is 24.7 Å². The molecule has 3 N–H and O–H groups in total. The van der Waals surface area contributed by atoms with Crippen LogP contribution >= 0.6 is 0 Å². The van der Waals surface area contributed by atoms with Crippen LogP contribution in [-0.4, -0.2) is 24.0 Å². The van der Waals surface area contributed by atoms with Gasteiger partial charge in [-0.2, -0.15) is 0 Å². The maximum absolute atomic E-state index is 12.4. The first-order valence-corrected chi connectivity index (χ1v) is 9.92. The lowest BCUT2D eigenvalue weighted by atomic mass is 9.53. The van der Waals surface area contributed by atoms with E-state index < -0.39 is 0 Å². The van der Waals surface area contributed by atoms with E-state index in [1.54, 1.807) is 0 Å². The standard InChI is InChI=1S/C21H29N3O2/c1-14-3-2-4-18(7-14)23-19(25)5-6-22-20(26)24-21-11-15-8-16(12-21)10-17(9-15)13-21/h2-4,7,15-17H,5-6,8-13H2,1H3,(H,23,25)(H2,22,24,26). The van der Waals surface area contributed by atoms with Crippen molar-refractivity contribution < 1.29 is 9.59 Å². The Morgan fingerprint density at radius 2 is 1.73 bits per heavy atom. The van der Waals surface area contributed by atoms with Crippen LogP contribution in [0.25, 0.3) is 0 Å². The number of rotatable bonds is 5. The first-order chi connectivity index (χ1) is 12.5. The van der Waals surface area contributed by atoms with Gasteiger partial charge in [0.05, 0.1) is 0 Å². The molecule has 5 rings (SSSR count). The Bertz CT molecular complexity index is 665. The Kier molecular flexibility index (Phi) is 4.63. The number of hydrogen-bond acceptors (Lipinski definition) is 2. The molecule has 0 aromatic heterocycles. The summed E-state index contributed by atoms with van der Waals surface area (Å²) < 4.78 is 0. The molecule has 1 aromatic rings. The monoisotopic (exact) mass is 355 g/mol. The summed E-state index contributed by atoms with van der Waals surface area (Å²) in [6.45, 7) is 2.35. The van der Waals surface area contributed by atoms with E-state index in [1.807, 2.05) is 31.2 Å². The zero-order chi connectivity index (χ0) is 18.1. The van der Waals surface area contributed by atoms with Crippen molar-refractivity contribution >= 4 is 17.6 Å². The van der Waals surface area contributed by atoms with Gasteiger partial charge in [-0.15, -0.1) is 0 Å². The van der Waals surface area contributed by atoms with Crippen LogP contribution in [0.15, 0.2) is 24.3 Å². The van der Waals surface area contributed by atoms with Crippen LogP contribution in [0.2, 0.25) is 0 Å². The van der Waals surface area contributed by atoms with E-state index >= 15 is 0 Å². The largest absolute Gasteiger partial charge is 0.338 e. The third-order valence-corrected chi connectivity index (χ3v) is 6.36. The van der Waals surface area contributed by atoms with Crippen molar-refractivity contribution in [3.05, 3.63) is 29.8 Å². The van der Waals surface area contributed by atoms with Gasteiger partial charge in [0.1, 0.15) is 0 Å². The summed E-state index contributed by atoms with van der Waals surface area (Å²) in [5.41, 5.74) is 1.92. The Morgan fingerprint density at radius 1 is 1.08 bits per heavy atom. The van der Waals surface area contributed by atoms with E-state index in [4.69, 9.17) is 0 Å². The van der Waals surface area contributed by atoms with Gasteiger partial charge in [-0.1, -0.05) is 12.1 Å². The lowest BCUT2D eigenvalue weighted by molar-refractivity contribution is -0.116. The molecule has 0 atom stereocenters. The molecule has 4 saturated carbocycles. The molecule has 140 valence electrons. The van der Waals surface area contributed by atoms with Crippen molar-refractivity contribution in [3.8, 4) is 0 Å². The highest BCUT2D eigenvalue weighted by Gasteiger charge is 2.51. The second-order valence-corrected chi connectivity index (χ2v) is 8.75. The number of carbonyl (C=O) groups excluding carboxylic acids is 2. The predicted molar refractivity (Wildman–Crippen MR) is 102 cm³/mol. The summed E-state index contributed by atoms with van der Waals surface area (Å²) in [4.78, 5) is 24.4. The molecule has 0 aliphatic heterocycles. The summed E-state index contributed by atoms with van der Waals surface area (Å²) in [6.07, 6.45) is 7.79. The molecule has 4 bridgehead atoms. The minimum Gasteiger partial charge on any atom is -0.338 e. The lowest BCUT2D eigenvalue weighted by Gasteiger charge is -2.56. The highest BCUT2D eigenvalue weighted by molar-refractivity contribution is 5.91. The zero-order valence-corrected chi connectivity index (χ0v) is 15.5. The second kappa shape index (κ2) is 6.93. The smallest absolute Gasteiger partial charge is 0.315 e. The molecule has 5 nitrogen and oxygen atoms in total. The van der Waals surface area contributed by atoms with Crippen molar-refractivity contribution in [3.63, 3.8) is 0 Å². The number of aryl methyl sites for hydroxylation is 1. The molecule has 0 heterocycles. The maximum Gasteiger partial charge on any atom is 0.315 e. The van der Waals surface area contributed by atoms with Gasteiger partial charge in [0, 0.05) is 24.2 Å². The van der Waals surface area contributed by atoms with E-state index in [1.165, 1.54) is 19.3 Å². The highest BCUT2D eigenvalue weighted by atomic mass is 16.2. The lowest BCUT2D eigenvalue weighted by Crippen LogP contribution is -2.61. The van der Waals surface area contributed by atoms with Crippen LogP contribution in [0.5, 0.6) is 0 Å². The van der Waals surface area contributed by atoms with E-state index in [2.05, 4.69) is 16.0 Å². The van der Waals surface area contributed by atoms with Gasteiger partial charge in [0.25, 0.3) is 0 Å². The number of urea groups is 1. The zero-order valence-electron chi connectivity index (χ0n) is 15.5. The summed E-state index contributed by atoms with van der Waals surface area (Å²) in [7, 11) is 0. The Balaban J connectivity index is 1.21. The molecule has 4 aliphatic carbocycles. The van der Waals surface area contributed by atoms with Gasteiger partial charge >= 0.3 is 6.03 Å². The molecule has 3 amide bonds. The van der Waals surface area contributed by atoms with Crippen LogP contribution in [0.3, 0.4) is 0 Å². The van der Waals surface area contributed by atoms with Gasteiger partial charge in [0.15, 0.2) is 0 Å². The quantitative estimate of drug-likeness (QED) is 0.755. The van der Waals surface area contributed by atoms with Crippen molar-refractivity contribution in [2.45, 2.75) is 57.4 Å². The van der Waals surface area contributed by atoms with Crippen LogP contribution in [-0.2, 0) is 4.79 Å². The molecule has 4 aliphatic rings. The summed E-state index contributed by atoms with van der Waals surface area (Å²) >= 11 is 0. The van der Waals surface area contributed by atoms with Gasteiger partial charge in [-0.05, 0) is 80.9 Å². The van der Waals surface area contributed by atoms with E-state index in [-0.39, 0.29) is 23.9 Å². The number of hydrogen-bond donors (Lipinski definition) is 3. The minimum absolute atomic E-state index is 0.0165. The van der Waals surface area contributed by atoms with Crippen LogP contribution in [0.1, 0.15) is 50.5 Å². The van der Waals surface area contributed by atoms with Gasteiger partial charge in [-0.3, -0.25) is 4.79 Å². The molecule has 0 unspecified atom stereocenters. The Hall–Kier alpha value is -2.04. The van der Waals surface area contributed by atoms with E-state index in [9.17, 15) is 9.59 Å². The normalized spacial score (nSPS) is 31.5. The topological polar surface area (TPSA) is 70.2 Å². The third kappa shape index (κ3) is 3.87. The Morgan fingerprint density at radius 3 is 2.35 bits per heavy atom. The molecule has 0 radical (unpaired) electrons. The third-order valence-electron chi connectivity index (χ3n) is 6.36. The molecule has 0 spiro atoms. The molecule has 0 saturated heterocycles. The van der Waals surface area contributed by atoms with Crippen molar-refractivity contribution in [1.29, 1.82) is 0 Å². The molecular formula is C21H29N3O2. The number of carbonyl (C=O) groups is 2. The van der Waals surface area contributed by atoms with Gasteiger partial charge in [0.2, 0.25) is 5.91 Å². The molecule has 4 fully saturated rings. The summed E-state index contributed by atoms with van der Waals surface area (Å²) in [5.74, 6) is 2.34. The average molecular weight is 355 g/mol. The predicted octanol–water partition coefficient (Wildman–Crippen LogP) is 3.59. The van der Waals surface area contributed by atoms with Crippen LogP contribution in [0.4, 0.5) is 10.5 Å². The summed E-state index contributed by atoms with van der Waals surface area (Å²) in [6, 6.07) is 7.60. The SMILES string of the molecule is Cc1cccc(NC(=O)CCNC(=O)NC23CC4CC(CC(C4)C2)C3)c1. The number of anilines is 1. The molecule has 1 aromatic carbocycles. The number of nitrogens with one attached hydrogen (secondary N) is 3. The molecular weight excluding hydrogens is 326 g/mol. The second-order valence-electron chi connectivity index (χ2n) is 8.75. The van der Waals surface area contributed by atoms with E-state index in [0.29, 0.717) is 6.54 Å². The molecule has 5 heteroatoms. The molecule has 26 heavy (non-hydrogen) atoms. The Labute approximate surface area is 155 Å².